The van der Waals surface area contributed by atoms with Crippen LogP contribution in [-0.4, -0.2) is 56.1 Å². The van der Waals surface area contributed by atoms with Gasteiger partial charge in [0.2, 0.25) is 5.95 Å². The van der Waals surface area contributed by atoms with E-state index < -0.39 is 30.1 Å². The maximum Gasteiger partial charge on any atom is 0.280 e. The summed E-state index contributed by atoms with van der Waals surface area (Å²) >= 11 is 0. The average molecular weight is 336 g/mol. The number of aliphatic hydroxyl groups is 1. The first-order chi connectivity index (χ1) is 11.6. The Morgan fingerprint density at radius 2 is 2.46 bits per heavy atom. The van der Waals surface area contributed by atoms with Gasteiger partial charge >= 0.3 is 0 Å². The Morgan fingerprint density at radius 3 is 3.17 bits per heavy atom. The topological polar surface area (TPSA) is 177 Å². The lowest BCUT2D eigenvalue weighted by molar-refractivity contribution is -0.0326. The molecule has 1 saturated heterocycles. The zero-order chi connectivity index (χ0) is 17.3. The van der Waals surface area contributed by atoms with Crippen molar-refractivity contribution in [3.05, 3.63) is 27.1 Å². The van der Waals surface area contributed by atoms with E-state index in [0.29, 0.717) is 6.61 Å². The fourth-order valence-corrected chi connectivity index (χ4v) is 2.74. The second kappa shape index (κ2) is 6.45. The van der Waals surface area contributed by atoms with Gasteiger partial charge in [0.05, 0.1) is 19.0 Å². The number of rotatable bonds is 5. The summed E-state index contributed by atoms with van der Waals surface area (Å²) in [5.74, 6) is -0.0753. The molecule has 12 heteroatoms. The maximum atomic E-state index is 11.8. The molecule has 3 rings (SSSR count). The summed E-state index contributed by atoms with van der Waals surface area (Å²) in [6, 6.07) is 0. The predicted octanol–water partition coefficient (Wildman–Crippen LogP) is -0.325. The van der Waals surface area contributed by atoms with E-state index in [1.165, 1.54) is 10.9 Å². The standard InChI is InChI=1S/C12H16N8O4/c1-2-23-8-5(3-16-19-14)24-11(7(8)21)20-4-15-6-9(20)17-12(13)18-10(6)22/h4-5,7-8,11,21H,2-3H2,1H3,(H3,13,17,18,22)/t5-,7+,8?,11-/m1/s1. The van der Waals surface area contributed by atoms with Crippen LogP contribution < -0.4 is 11.3 Å². The molecule has 2 aromatic rings. The van der Waals surface area contributed by atoms with Crippen molar-refractivity contribution in [1.82, 2.24) is 19.5 Å². The molecular weight excluding hydrogens is 320 g/mol. The van der Waals surface area contributed by atoms with E-state index in [-0.39, 0.29) is 23.7 Å². The summed E-state index contributed by atoms with van der Waals surface area (Å²) in [5, 5.41) is 14.0. The number of H-pyrrole nitrogens is 1. The summed E-state index contributed by atoms with van der Waals surface area (Å²) in [6.45, 7) is 2.12. The molecule has 1 fully saturated rings. The lowest BCUT2D eigenvalue weighted by Gasteiger charge is -2.19. The lowest BCUT2D eigenvalue weighted by atomic mass is 10.1. The first-order valence-electron chi connectivity index (χ1n) is 7.25. The molecule has 1 aliphatic heterocycles. The van der Waals surface area contributed by atoms with Crippen LogP contribution in [0.15, 0.2) is 16.2 Å². The predicted molar refractivity (Wildman–Crippen MR) is 81.9 cm³/mol. The third kappa shape index (κ3) is 2.67. The number of aromatic nitrogens is 4. The average Bonchev–Trinajstić information content (AvgIpc) is 3.08. The van der Waals surface area contributed by atoms with Crippen molar-refractivity contribution < 1.29 is 14.6 Å². The van der Waals surface area contributed by atoms with Gasteiger partial charge in [-0.25, -0.2) is 4.98 Å². The molecule has 0 amide bonds. The van der Waals surface area contributed by atoms with E-state index in [0.717, 1.165) is 0 Å². The van der Waals surface area contributed by atoms with Crippen molar-refractivity contribution in [2.45, 2.75) is 31.5 Å². The third-order valence-corrected chi connectivity index (χ3v) is 3.72. The zero-order valence-electron chi connectivity index (χ0n) is 12.7. The number of nitrogen functional groups attached to an aromatic ring is 1. The van der Waals surface area contributed by atoms with Crippen LogP contribution in [0.25, 0.3) is 21.6 Å². The van der Waals surface area contributed by atoms with E-state index in [9.17, 15) is 9.90 Å². The smallest absolute Gasteiger partial charge is 0.280 e. The number of hydrogen-bond donors (Lipinski definition) is 3. The van der Waals surface area contributed by atoms with Crippen LogP contribution >= 0.6 is 0 Å². The second-order valence-corrected chi connectivity index (χ2v) is 5.16. The van der Waals surface area contributed by atoms with Gasteiger partial charge in [-0.05, 0) is 12.5 Å². The van der Waals surface area contributed by atoms with Gasteiger partial charge in [0.15, 0.2) is 17.4 Å². The molecule has 3 heterocycles. The largest absolute Gasteiger partial charge is 0.386 e. The number of azide groups is 1. The highest BCUT2D eigenvalue weighted by Crippen LogP contribution is 2.33. The summed E-state index contributed by atoms with van der Waals surface area (Å²) in [5.41, 5.74) is 13.8. The number of aromatic amines is 1. The Hall–Kier alpha value is -2.66. The van der Waals surface area contributed by atoms with Gasteiger partial charge in [-0.15, -0.1) is 0 Å². The first-order valence-corrected chi connectivity index (χ1v) is 7.25. The van der Waals surface area contributed by atoms with Crippen LogP contribution in [0, 0.1) is 0 Å². The van der Waals surface area contributed by atoms with Crippen LogP contribution in [0.1, 0.15) is 13.2 Å². The molecule has 12 nitrogen and oxygen atoms in total. The van der Waals surface area contributed by atoms with Gasteiger partial charge in [-0.1, -0.05) is 5.11 Å². The molecule has 0 spiro atoms. The summed E-state index contributed by atoms with van der Waals surface area (Å²) in [6.07, 6.45) is -1.97. The van der Waals surface area contributed by atoms with Crippen LogP contribution in [0.2, 0.25) is 0 Å². The van der Waals surface area contributed by atoms with Crippen molar-refractivity contribution >= 4 is 17.1 Å². The van der Waals surface area contributed by atoms with Crippen molar-refractivity contribution in [1.29, 1.82) is 0 Å². The van der Waals surface area contributed by atoms with Gasteiger partial charge in [0, 0.05) is 11.5 Å². The summed E-state index contributed by atoms with van der Waals surface area (Å²) < 4.78 is 12.7. The molecule has 4 N–H and O–H groups in total. The van der Waals surface area contributed by atoms with Gasteiger partial charge in [-0.3, -0.25) is 14.3 Å². The van der Waals surface area contributed by atoms with Crippen LogP contribution in [0.4, 0.5) is 5.95 Å². The Kier molecular flexibility index (Phi) is 4.36. The molecule has 0 radical (unpaired) electrons. The van der Waals surface area contributed by atoms with Crippen molar-refractivity contribution in [3.63, 3.8) is 0 Å². The van der Waals surface area contributed by atoms with Gasteiger partial charge in [-0.2, -0.15) is 4.98 Å². The number of hydrogen-bond acceptors (Lipinski definition) is 8. The van der Waals surface area contributed by atoms with Gasteiger partial charge < -0.3 is 20.3 Å². The van der Waals surface area contributed by atoms with E-state index in [2.05, 4.69) is 25.0 Å². The van der Waals surface area contributed by atoms with Crippen LogP contribution in [-0.2, 0) is 9.47 Å². The monoisotopic (exact) mass is 336 g/mol. The van der Waals surface area contributed by atoms with E-state index in [1.54, 1.807) is 6.92 Å². The minimum Gasteiger partial charge on any atom is -0.386 e. The van der Waals surface area contributed by atoms with E-state index >= 15 is 0 Å². The highest BCUT2D eigenvalue weighted by Gasteiger charge is 2.45. The molecular formula is C12H16N8O4. The number of nitrogens with two attached hydrogens (primary N) is 1. The highest BCUT2D eigenvalue weighted by molar-refractivity contribution is 5.70. The number of nitrogens with zero attached hydrogens (tertiary/aromatic N) is 6. The van der Waals surface area contributed by atoms with Crippen molar-refractivity contribution in [2.75, 3.05) is 18.9 Å². The fourth-order valence-electron chi connectivity index (χ4n) is 2.74. The van der Waals surface area contributed by atoms with Crippen molar-refractivity contribution in [2.24, 2.45) is 5.11 Å². The Bertz CT molecular complexity index is 841. The van der Waals surface area contributed by atoms with E-state index in [4.69, 9.17) is 20.7 Å². The number of ether oxygens (including phenoxy) is 2. The molecule has 0 saturated carbocycles. The molecule has 4 atom stereocenters. The Labute approximate surface area is 134 Å². The van der Waals surface area contributed by atoms with E-state index in [1.807, 2.05) is 0 Å². The molecule has 24 heavy (non-hydrogen) atoms. The van der Waals surface area contributed by atoms with Gasteiger partial charge in [0.25, 0.3) is 5.56 Å². The molecule has 128 valence electrons. The van der Waals surface area contributed by atoms with Crippen LogP contribution in [0.5, 0.6) is 0 Å². The quantitative estimate of drug-likeness (QED) is 0.380. The van der Waals surface area contributed by atoms with Gasteiger partial charge in [0.1, 0.15) is 12.2 Å². The fraction of sp³-hybridized carbons (Fsp3) is 0.583. The number of nitrogens with one attached hydrogen (secondary N) is 1. The molecule has 0 bridgehead atoms. The Morgan fingerprint density at radius 1 is 1.67 bits per heavy atom. The Balaban J connectivity index is 2.00. The van der Waals surface area contributed by atoms with Crippen molar-refractivity contribution in [3.8, 4) is 0 Å². The molecule has 1 aliphatic rings. The second-order valence-electron chi connectivity index (χ2n) is 5.16. The minimum absolute atomic E-state index is 0.00247. The number of fused-ring (bicyclic) bond motifs is 1. The lowest BCUT2D eigenvalue weighted by Crippen LogP contribution is -2.35. The molecule has 0 aliphatic carbocycles. The summed E-state index contributed by atoms with van der Waals surface area (Å²) in [4.78, 5) is 24.9. The molecule has 0 aromatic carbocycles. The highest BCUT2D eigenvalue weighted by atomic mass is 16.6. The number of imidazole rings is 1. The third-order valence-electron chi connectivity index (χ3n) is 3.72. The maximum absolute atomic E-state index is 11.8. The number of aliphatic hydroxyl groups excluding tert-OH is 1. The SMILES string of the molecule is CCOC1[C@@H](CN=[N+]=[N-])O[C@@H](n2cnc3c(=O)[nH]c(N)nc32)[C@H]1O. The first kappa shape index (κ1) is 16.2. The van der Waals surface area contributed by atoms with Crippen LogP contribution in [0.3, 0.4) is 0 Å². The zero-order valence-corrected chi connectivity index (χ0v) is 12.7. The molecule has 2 aromatic heterocycles. The molecule has 1 unspecified atom stereocenters. The number of anilines is 1. The normalized spacial score (nSPS) is 26.6. The minimum atomic E-state index is -1.07. The summed E-state index contributed by atoms with van der Waals surface area (Å²) in [7, 11) is 0.